The average Bonchev–Trinajstić information content (AvgIpc) is 1.83. The van der Waals surface area contributed by atoms with Gasteiger partial charge in [-0.2, -0.15) is 0 Å². The van der Waals surface area contributed by atoms with Crippen LogP contribution in [0.4, 0.5) is 0 Å². The zero-order valence-corrected chi connectivity index (χ0v) is 7.76. The molecule has 0 aromatic carbocycles. The first-order valence-corrected chi connectivity index (χ1v) is 4.51. The second kappa shape index (κ2) is 3.44. The molecule has 0 aliphatic heterocycles. The van der Waals surface area contributed by atoms with Crippen LogP contribution in [0.25, 0.3) is 0 Å². The summed E-state index contributed by atoms with van der Waals surface area (Å²) in [5, 5.41) is 11.8. The highest BCUT2D eigenvalue weighted by molar-refractivity contribution is 5.77. The van der Waals surface area contributed by atoms with Crippen LogP contribution in [0.3, 0.4) is 0 Å². The third kappa shape index (κ3) is 2.21. The minimum absolute atomic E-state index is 0.712. The predicted octanol–water partition coefficient (Wildman–Crippen LogP) is 1.24. The van der Waals surface area contributed by atoms with Gasteiger partial charge in [-0.15, -0.1) is 0 Å². The van der Waals surface area contributed by atoms with Crippen molar-refractivity contribution in [3.05, 3.63) is 0 Å². The van der Waals surface area contributed by atoms with Crippen LogP contribution in [-0.4, -0.2) is 23.2 Å². The molecule has 1 rings (SSSR count). The molecule has 12 heavy (non-hydrogen) atoms. The topological polar surface area (TPSA) is 49.3 Å². The molecular weight excluding hydrogens is 154 g/mol. The van der Waals surface area contributed by atoms with Crippen molar-refractivity contribution in [2.45, 2.75) is 38.6 Å². The van der Waals surface area contributed by atoms with E-state index in [2.05, 4.69) is 5.32 Å². The van der Waals surface area contributed by atoms with E-state index < -0.39 is 11.5 Å². The SMILES string of the molecule is CC(C)(NCC1CCC1)C(=O)O. The minimum atomic E-state index is -0.776. The fraction of sp³-hybridized carbons (Fsp3) is 0.889. The van der Waals surface area contributed by atoms with E-state index in [-0.39, 0.29) is 0 Å². The van der Waals surface area contributed by atoms with Crippen LogP contribution in [0.15, 0.2) is 0 Å². The Bertz CT molecular complexity index is 173. The standard InChI is InChI=1S/C9H17NO2/c1-9(2,8(11)12)10-6-7-4-3-5-7/h7,10H,3-6H2,1-2H3,(H,11,12). The molecule has 0 heterocycles. The predicted molar refractivity (Wildman–Crippen MR) is 47.1 cm³/mol. The molecule has 0 unspecified atom stereocenters. The van der Waals surface area contributed by atoms with Crippen LogP contribution >= 0.6 is 0 Å². The van der Waals surface area contributed by atoms with Gasteiger partial charge >= 0.3 is 5.97 Å². The molecule has 0 atom stereocenters. The second-order valence-corrected chi connectivity index (χ2v) is 4.11. The molecule has 0 spiro atoms. The second-order valence-electron chi connectivity index (χ2n) is 4.11. The van der Waals surface area contributed by atoms with E-state index in [1.54, 1.807) is 13.8 Å². The molecule has 1 saturated carbocycles. The van der Waals surface area contributed by atoms with Crippen molar-refractivity contribution in [2.75, 3.05) is 6.54 Å². The van der Waals surface area contributed by atoms with Crippen molar-refractivity contribution in [2.24, 2.45) is 5.92 Å². The highest BCUT2D eigenvalue weighted by Crippen LogP contribution is 2.25. The van der Waals surface area contributed by atoms with E-state index in [1.165, 1.54) is 19.3 Å². The number of nitrogens with one attached hydrogen (secondary N) is 1. The van der Waals surface area contributed by atoms with Crippen molar-refractivity contribution in [3.63, 3.8) is 0 Å². The van der Waals surface area contributed by atoms with Crippen molar-refractivity contribution < 1.29 is 9.90 Å². The maximum Gasteiger partial charge on any atom is 0.323 e. The third-order valence-corrected chi connectivity index (χ3v) is 2.59. The van der Waals surface area contributed by atoms with Crippen LogP contribution in [0.1, 0.15) is 33.1 Å². The number of aliphatic carboxylic acids is 1. The van der Waals surface area contributed by atoms with Crippen molar-refractivity contribution >= 4 is 5.97 Å². The Hall–Kier alpha value is -0.570. The highest BCUT2D eigenvalue weighted by Gasteiger charge is 2.28. The normalized spacial score (nSPS) is 18.8. The summed E-state index contributed by atoms with van der Waals surface area (Å²) < 4.78 is 0. The summed E-state index contributed by atoms with van der Waals surface area (Å²) in [6.45, 7) is 4.25. The first-order chi connectivity index (χ1) is 5.52. The monoisotopic (exact) mass is 171 g/mol. The summed E-state index contributed by atoms with van der Waals surface area (Å²) >= 11 is 0. The van der Waals surface area contributed by atoms with E-state index in [9.17, 15) is 4.79 Å². The fourth-order valence-electron chi connectivity index (χ4n) is 1.17. The number of hydrogen-bond donors (Lipinski definition) is 2. The molecule has 0 aromatic rings. The molecule has 3 nitrogen and oxygen atoms in total. The summed E-state index contributed by atoms with van der Waals surface area (Å²) in [5.41, 5.74) is -0.768. The Morgan fingerprint density at radius 3 is 2.50 bits per heavy atom. The molecule has 70 valence electrons. The Balaban J connectivity index is 2.24. The van der Waals surface area contributed by atoms with Gasteiger partial charge in [0.2, 0.25) is 0 Å². The first-order valence-electron chi connectivity index (χ1n) is 4.51. The number of rotatable bonds is 4. The van der Waals surface area contributed by atoms with Gasteiger partial charge < -0.3 is 10.4 Å². The highest BCUT2D eigenvalue weighted by atomic mass is 16.4. The zero-order chi connectivity index (χ0) is 9.19. The number of carboxylic acids is 1. The quantitative estimate of drug-likeness (QED) is 0.669. The van der Waals surface area contributed by atoms with Gasteiger partial charge in [0.1, 0.15) is 5.54 Å². The van der Waals surface area contributed by atoms with Crippen LogP contribution in [-0.2, 0) is 4.79 Å². The summed E-state index contributed by atoms with van der Waals surface area (Å²) in [7, 11) is 0. The molecule has 3 heteroatoms. The average molecular weight is 171 g/mol. The van der Waals surface area contributed by atoms with Gasteiger partial charge in [0, 0.05) is 0 Å². The van der Waals surface area contributed by atoms with Gasteiger partial charge in [-0.05, 0) is 39.2 Å². The van der Waals surface area contributed by atoms with Gasteiger partial charge in [-0.1, -0.05) is 6.42 Å². The Morgan fingerprint density at radius 2 is 2.17 bits per heavy atom. The maximum absolute atomic E-state index is 10.7. The lowest BCUT2D eigenvalue weighted by Crippen LogP contribution is -2.49. The van der Waals surface area contributed by atoms with E-state index >= 15 is 0 Å². The van der Waals surface area contributed by atoms with Gasteiger partial charge in [-0.3, -0.25) is 4.79 Å². The van der Waals surface area contributed by atoms with E-state index in [0.29, 0.717) is 5.92 Å². The molecule has 0 radical (unpaired) electrons. The number of hydrogen-bond acceptors (Lipinski definition) is 2. The molecule has 2 N–H and O–H groups in total. The summed E-state index contributed by atoms with van der Waals surface area (Å²) in [4.78, 5) is 10.7. The van der Waals surface area contributed by atoms with Gasteiger partial charge in [0.15, 0.2) is 0 Å². The van der Waals surface area contributed by atoms with Gasteiger partial charge in [0.05, 0.1) is 0 Å². The number of carboxylic acid groups (broad SMARTS) is 1. The number of carbonyl (C=O) groups is 1. The molecule has 1 fully saturated rings. The van der Waals surface area contributed by atoms with Gasteiger partial charge in [-0.25, -0.2) is 0 Å². The zero-order valence-electron chi connectivity index (χ0n) is 7.76. The summed E-state index contributed by atoms with van der Waals surface area (Å²) in [6, 6.07) is 0. The molecule has 1 aliphatic carbocycles. The fourth-order valence-corrected chi connectivity index (χ4v) is 1.17. The largest absolute Gasteiger partial charge is 0.480 e. The first kappa shape index (κ1) is 9.52. The van der Waals surface area contributed by atoms with Crippen LogP contribution in [0.5, 0.6) is 0 Å². The van der Waals surface area contributed by atoms with Gasteiger partial charge in [0.25, 0.3) is 0 Å². The van der Waals surface area contributed by atoms with Crippen molar-refractivity contribution in [1.29, 1.82) is 0 Å². The van der Waals surface area contributed by atoms with Crippen molar-refractivity contribution in [1.82, 2.24) is 5.32 Å². The molecule has 0 amide bonds. The Morgan fingerprint density at radius 1 is 1.58 bits per heavy atom. The smallest absolute Gasteiger partial charge is 0.323 e. The summed E-state index contributed by atoms with van der Waals surface area (Å²) in [5.74, 6) is -0.0644. The lowest BCUT2D eigenvalue weighted by Gasteiger charge is -2.30. The molecule has 0 aromatic heterocycles. The van der Waals surface area contributed by atoms with E-state index in [0.717, 1.165) is 6.54 Å². The van der Waals surface area contributed by atoms with E-state index in [1.807, 2.05) is 0 Å². The lowest BCUT2D eigenvalue weighted by atomic mass is 9.85. The molecule has 0 saturated heterocycles. The summed E-state index contributed by atoms with van der Waals surface area (Å²) in [6.07, 6.45) is 3.81. The van der Waals surface area contributed by atoms with Crippen LogP contribution in [0, 0.1) is 5.92 Å². The maximum atomic E-state index is 10.7. The van der Waals surface area contributed by atoms with Crippen LogP contribution in [0.2, 0.25) is 0 Å². The molecule has 1 aliphatic rings. The minimum Gasteiger partial charge on any atom is -0.480 e. The van der Waals surface area contributed by atoms with Crippen molar-refractivity contribution in [3.8, 4) is 0 Å². The molecular formula is C9H17NO2. The lowest BCUT2D eigenvalue weighted by molar-refractivity contribution is -0.143. The Labute approximate surface area is 73.2 Å². The van der Waals surface area contributed by atoms with Crippen LogP contribution < -0.4 is 5.32 Å². The third-order valence-electron chi connectivity index (χ3n) is 2.59. The molecule has 0 bridgehead atoms. The Kier molecular flexibility index (Phi) is 2.73. The van der Waals surface area contributed by atoms with E-state index in [4.69, 9.17) is 5.11 Å².